The maximum absolute atomic E-state index is 5.86. The summed E-state index contributed by atoms with van der Waals surface area (Å²) in [6.45, 7) is 0. The lowest BCUT2D eigenvalue weighted by Crippen LogP contribution is -2.18. The molecule has 0 nitrogen and oxygen atoms in total. The molecule has 0 radical (unpaired) electrons. The van der Waals surface area contributed by atoms with Crippen molar-refractivity contribution in [3.63, 3.8) is 0 Å². The number of halogens is 1. The lowest BCUT2D eigenvalue weighted by atomic mass is 9.74. The predicted octanol–water partition coefficient (Wildman–Crippen LogP) is 1.76. The van der Waals surface area contributed by atoms with Gasteiger partial charge in [0.25, 0.3) is 0 Å². The molecule has 0 aromatic carbocycles. The van der Waals surface area contributed by atoms with E-state index in [1.807, 2.05) is 0 Å². The van der Waals surface area contributed by atoms with Crippen LogP contribution in [0.15, 0.2) is 0 Å². The minimum Gasteiger partial charge on any atom is -0.225 e. The Morgan fingerprint density at radius 3 is 2.38 bits per heavy atom. The predicted molar refractivity (Wildman–Crippen MR) is 46.6 cm³/mol. The average Bonchev–Trinajstić information content (AvgIpc) is 1.98. The summed E-state index contributed by atoms with van der Waals surface area (Å²) in [6, 6.07) is 0. The molecule has 0 aromatic heterocycles. The van der Waals surface area contributed by atoms with Gasteiger partial charge in [-0.15, -0.1) is 11.6 Å². The maximum Gasteiger partial charge on any atom is 0.225 e. The van der Waals surface area contributed by atoms with Crippen molar-refractivity contribution < 1.29 is 0 Å². The first-order chi connectivity index (χ1) is 3.72. The first-order valence-electron chi connectivity index (χ1n) is 2.72. The minimum absolute atomic E-state index is 0.182. The van der Waals surface area contributed by atoms with E-state index in [1.165, 1.54) is 0 Å². The molecule has 0 aliphatic carbocycles. The molecular weight excluding hydrogens is 158 g/mol. The van der Waals surface area contributed by atoms with E-state index < -0.39 is 0 Å². The molecule has 4 heteroatoms. The molecule has 8 heavy (non-hydrogen) atoms. The fourth-order valence-electron chi connectivity index (χ4n) is 0.916. The van der Waals surface area contributed by atoms with Gasteiger partial charge in [-0.2, -0.15) is 12.6 Å². The van der Waals surface area contributed by atoms with Crippen LogP contribution < -0.4 is 0 Å². The van der Waals surface area contributed by atoms with Crippen LogP contribution in [-0.4, -0.2) is 16.5 Å². The second kappa shape index (κ2) is 2.76. The van der Waals surface area contributed by atoms with E-state index in [0.29, 0.717) is 11.2 Å². The van der Waals surface area contributed by atoms with Gasteiger partial charge >= 0.3 is 0 Å². The van der Waals surface area contributed by atoms with E-state index in [1.54, 1.807) is 0 Å². The highest BCUT2D eigenvalue weighted by atomic mass is 35.5. The van der Waals surface area contributed by atoms with Gasteiger partial charge in [0.2, 0.25) is 5.99 Å². The van der Waals surface area contributed by atoms with Gasteiger partial charge < -0.3 is 0 Å². The zero-order valence-corrected chi connectivity index (χ0v) is 6.96. The van der Waals surface area contributed by atoms with Crippen molar-refractivity contribution in [2.45, 2.75) is 23.3 Å². The van der Waals surface area contributed by atoms with E-state index in [4.69, 9.17) is 11.6 Å². The quantitative estimate of drug-likeness (QED) is 0.306. The minimum atomic E-state index is 0.182. The highest BCUT2D eigenvalue weighted by Gasteiger charge is 2.32. The Morgan fingerprint density at radius 1 is 1.62 bits per heavy atom. The largest absolute Gasteiger partial charge is 0.225 e. The molecule has 1 saturated heterocycles. The number of rotatable bonds is 0. The fraction of sp³-hybridized carbons (Fsp3) is 1.00. The summed E-state index contributed by atoms with van der Waals surface area (Å²) in [5.74, 6) is 0.374. The van der Waals surface area contributed by atoms with Crippen molar-refractivity contribution in [3.05, 3.63) is 0 Å². The highest BCUT2D eigenvalue weighted by Crippen LogP contribution is 2.29. The summed E-state index contributed by atoms with van der Waals surface area (Å²) in [6.07, 6.45) is 2.23. The van der Waals surface area contributed by atoms with E-state index in [0.717, 1.165) is 12.7 Å². The molecule has 1 aliphatic rings. The monoisotopic (exact) mass is 166 g/mol. The van der Waals surface area contributed by atoms with Crippen LogP contribution in [0, 0.1) is 0 Å². The summed E-state index contributed by atoms with van der Waals surface area (Å²) < 4.78 is 0. The molecule has 1 heterocycles. The third-order valence-electron chi connectivity index (χ3n) is 1.49. The normalized spacial score (nSPS) is 38.6. The Bertz CT molecular complexity index is 80.1. The van der Waals surface area contributed by atoms with Crippen LogP contribution in [-0.2, 0) is 0 Å². The Labute approximate surface area is 66.2 Å². The Morgan fingerprint density at radius 2 is 2.25 bits per heavy atom. The fourth-order valence-corrected chi connectivity index (χ4v) is 2.02. The van der Waals surface area contributed by atoms with Crippen LogP contribution >= 0.6 is 36.7 Å². The summed E-state index contributed by atoms with van der Waals surface area (Å²) in [5.41, 5.74) is 0. The zero-order valence-electron chi connectivity index (χ0n) is 4.42. The van der Waals surface area contributed by atoms with Gasteiger partial charge in [-0.3, -0.25) is 0 Å². The molecule has 0 spiro atoms. The van der Waals surface area contributed by atoms with Crippen LogP contribution in [0.5, 0.6) is 0 Å². The van der Waals surface area contributed by atoms with E-state index >= 15 is 0 Å². The Kier molecular flexibility index (Phi) is 2.47. The van der Waals surface area contributed by atoms with Crippen molar-refractivity contribution in [3.8, 4) is 0 Å². The molecule has 1 aliphatic heterocycles. The average molecular weight is 167 g/mol. The van der Waals surface area contributed by atoms with Crippen molar-refractivity contribution in [1.82, 2.24) is 0 Å². The molecule has 0 aromatic rings. The number of thiol groups is 2. The van der Waals surface area contributed by atoms with Crippen LogP contribution in [0.25, 0.3) is 0 Å². The SMILES string of the molecule is SB1CCC(S)C1Cl. The third kappa shape index (κ3) is 1.31. The van der Waals surface area contributed by atoms with Gasteiger partial charge in [-0.1, -0.05) is 6.32 Å². The Balaban J connectivity index is 2.44. The van der Waals surface area contributed by atoms with Gasteiger partial charge in [0.15, 0.2) is 0 Å². The third-order valence-corrected chi connectivity index (χ3v) is 3.61. The van der Waals surface area contributed by atoms with Crippen LogP contribution in [0.2, 0.25) is 6.32 Å². The zero-order chi connectivity index (χ0) is 6.15. The molecule has 0 amide bonds. The molecule has 1 fully saturated rings. The molecule has 2 atom stereocenters. The number of alkyl halides is 1. The smallest absolute Gasteiger partial charge is 0.225 e. The first-order valence-corrected chi connectivity index (χ1v) is 4.19. The topological polar surface area (TPSA) is 0 Å². The summed E-state index contributed by atoms with van der Waals surface area (Å²) in [7, 11) is 0. The van der Waals surface area contributed by atoms with Crippen molar-refractivity contribution >= 4 is 42.7 Å². The summed E-state index contributed by atoms with van der Waals surface area (Å²) >= 11 is 14.4. The molecule has 0 bridgehead atoms. The van der Waals surface area contributed by atoms with Crippen molar-refractivity contribution in [2.75, 3.05) is 0 Å². The molecule has 0 N–H and O–H groups in total. The number of hydrogen-bond acceptors (Lipinski definition) is 2. The summed E-state index contributed by atoms with van der Waals surface area (Å²) in [5, 5.41) is 0.556. The van der Waals surface area contributed by atoms with E-state index in [9.17, 15) is 0 Å². The second-order valence-electron chi connectivity index (χ2n) is 2.16. The van der Waals surface area contributed by atoms with Gasteiger partial charge in [0, 0.05) is 10.5 Å². The van der Waals surface area contributed by atoms with Crippen molar-refractivity contribution in [1.29, 1.82) is 0 Å². The summed E-state index contributed by atoms with van der Waals surface area (Å²) in [4.78, 5) is 0. The molecule has 46 valence electrons. The van der Waals surface area contributed by atoms with Crippen LogP contribution in [0.4, 0.5) is 0 Å². The lowest BCUT2D eigenvalue weighted by Gasteiger charge is -2.05. The molecule has 1 rings (SSSR count). The Hall–Kier alpha value is 1.05. The number of hydrogen-bond donors (Lipinski definition) is 2. The van der Waals surface area contributed by atoms with Crippen LogP contribution in [0.1, 0.15) is 6.42 Å². The van der Waals surface area contributed by atoms with Crippen molar-refractivity contribution in [2.24, 2.45) is 0 Å². The molecular formula is C4H8BClS2. The molecule has 2 unspecified atom stereocenters. The van der Waals surface area contributed by atoms with Gasteiger partial charge in [-0.05, 0) is 6.42 Å². The second-order valence-corrected chi connectivity index (χ2v) is 3.99. The molecule has 0 saturated carbocycles. The van der Waals surface area contributed by atoms with Gasteiger partial charge in [-0.25, -0.2) is 12.5 Å². The van der Waals surface area contributed by atoms with E-state index in [2.05, 4.69) is 25.1 Å². The van der Waals surface area contributed by atoms with E-state index in [-0.39, 0.29) is 5.28 Å². The van der Waals surface area contributed by atoms with Gasteiger partial charge in [0.05, 0.1) is 0 Å². The first kappa shape index (κ1) is 7.17. The van der Waals surface area contributed by atoms with Gasteiger partial charge in [0.1, 0.15) is 0 Å². The lowest BCUT2D eigenvalue weighted by molar-refractivity contribution is 0.942. The highest BCUT2D eigenvalue weighted by molar-refractivity contribution is 8.11. The standard InChI is InChI=1S/C4H8BClS2/c6-4-3(7)1-2-5(4)8/h3-4,7-8H,1-2H2. The maximum atomic E-state index is 5.86. The van der Waals surface area contributed by atoms with Crippen LogP contribution in [0.3, 0.4) is 0 Å².